The Hall–Kier alpha value is -0.670. The Kier molecular flexibility index (Phi) is 3.88. The number of hydrogen-bond donors (Lipinski definition) is 0. The van der Waals surface area contributed by atoms with Crippen molar-refractivity contribution in [3.05, 3.63) is 0 Å². The second-order valence-corrected chi connectivity index (χ2v) is 2.34. The number of halogens is 9. The average molecular weight is 250 g/mol. The van der Waals surface area contributed by atoms with Crippen molar-refractivity contribution in [2.45, 2.75) is 24.6 Å². The zero-order chi connectivity index (χ0) is 12.5. The normalized spacial score (nSPS) is 14.8. The van der Waals surface area contributed by atoms with E-state index in [4.69, 9.17) is 0 Å². The monoisotopic (exact) mass is 250 g/mol. The fourth-order valence-electron chi connectivity index (χ4n) is 0.396. The van der Waals surface area contributed by atoms with Gasteiger partial charge in [-0.15, -0.1) is 0 Å². The van der Waals surface area contributed by atoms with Gasteiger partial charge in [0.25, 0.3) is 0 Å². The fourth-order valence-corrected chi connectivity index (χ4v) is 0.396. The van der Waals surface area contributed by atoms with Gasteiger partial charge in [-0.3, -0.25) is 0 Å². The average Bonchev–Trinajstić information content (AvgIpc) is 1.99. The first-order valence-electron chi connectivity index (χ1n) is 3.14. The highest BCUT2D eigenvalue weighted by molar-refractivity contribution is 4.79. The highest BCUT2D eigenvalue weighted by Gasteiger charge is 2.65. The molecule has 0 unspecified atom stereocenters. The Labute approximate surface area is 76.8 Å². The van der Waals surface area contributed by atoms with Crippen LogP contribution in [0.5, 0.6) is 0 Å². The summed E-state index contributed by atoms with van der Waals surface area (Å²) < 4.78 is 107. The van der Waals surface area contributed by atoms with Crippen LogP contribution in [-0.2, 0) is 4.74 Å². The van der Waals surface area contributed by atoms with Crippen molar-refractivity contribution >= 4 is 0 Å². The summed E-state index contributed by atoms with van der Waals surface area (Å²) in [7, 11) is 0. The zero-order valence-electron chi connectivity index (χ0n) is 6.59. The topological polar surface area (TPSA) is 9.23 Å². The molecule has 10 heteroatoms. The first kappa shape index (κ1) is 14.3. The van der Waals surface area contributed by atoms with Crippen LogP contribution < -0.4 is 0 Å². The maximum Gasteiger partial charge on any atom is 0.425 e. The van der Waals surface area contributed by atoms with Crippen LogP contribution in [-0.4, -0.2) is 31.2 Å². The third-order valence-electron chi connectivity index (χ3n) is 1.08. The van der Waals surface area contributed by atoms with E-state index in [1.165, 1.54) is 0 Å². The van der Waals surface area contributed by atoms with Crippen LogP contribution in [0.4, 0.5) is 39.5 Å². The molecule has 0 radical (unpaired) electrons. The third kappa shape index (κ3) is 3.76. The summed E-state index contributed by atoms with van der Waals surface area (Å²) in [5.74, 6) is -5.97. The van der Waals surface area contributed by atoms with Crippen molar-refractivity contribution in [1.82, 2.24) is 0 Å². The van der Waals surface area contributed by atoms with E-state index >= 15 is 0 Å². The quantitative estimate of drug-likeness (QED) is 0.697. The van der Waals surface area contributed by atoms with E-state index in [0.29, 0.717) is 0 Å². The molecule has 0 heterocycles. The number of hydrogen-bond acceptors (Lipinski definition) is 1. The highest BCUT2D eigenvalue weighted by Crippen LogP contribution is 2.40. The van der Waals surface area contributed by atoms with Crippen LogP contribution in [0, 0.1) is 0 Å². The van der Waals surface area contributed by atoms with Gasteiger partial charge < -0.3 is 4.74 Å². The molecule has 0 aromatic heterocycles. The molecule has 0 aliphatic carbocycles. The lowest BCUT2D eigenvalue weighted by Gasteiger charge is -2.25. The molecule has 0 spiro atoms. The van der Waals surface area contributed by atoms with E-state index in [0.717, 1.165) is 0 Å². The summed E-state index contributed by atoms with van der Waals surface area (Å²) in [6, 6.07) is 0. The Morgan fingerprint density at radius 3 is 1.53 bits per heavy atom. The van der Waals surface area contributed by atoms with Crippen molar-refractivity contribution in [3.63, 3.8) is 0 Å². The zero-order valence-corrected chi connectivity index (χ0v) is 6.59. The molecule has 0 amide bonds. The van der Waals surface area contributed by atoms with Gasteiger partial charge in [0, 0.05) is 0 Å². The molecule has 0 rings (SSSR count). The lowest BCUT2D eigenvalue weighted by Crippen LogP contribution is -2.49. The minimum Gasteiger partial charge on any atom is -0.306 e. The smallest absolute Gasteiger partial charge is 0.306 e. The molecule has 0 aliphatic rings. The van der Waals surface area contributed by atoms with E-state index in [2.05, 4.69) is 4.74 Å². The molecule has 0 aliphatic heterocycles. The predicted octanol–water partition coefficient (Wildman–Crippen LogP) is 3.06. The Morgan fingerprint density at radius 2 is 1.27 bits per heavy atom. The molecule has 15 heavy (non-hydrogen) atoms. The summed E-state index contributed by atoms with van der Waals surface area (Å²) in [6.45, 7) is -2.75. The maximum atomic E-state index is 12.0. The van der Waals surface area contributed by atoms with Gasteiger partial charge in [0.2, 0.25) is 0 Å². The van der Waals surface area contributed by atoms with E-state index in [9.17, 15) is 39.5 Å². The standard InChI is InChI=1S/C5H3F9O/c6-2(7)4(11,12)5(13,14)15-1-3(8,9)10/h2H,1H2. The van der Waals surface area contributed by atoms with Gasteiger partial charge in [-0.1, -0.05) is 0 Å². The second-order valence-electron chi connectivity index (χ2n) is 2.34. The molecule has 0 bridgehead atoms. The molecule has 0 fully saturated rings. The van der Waals surface area contributed by atoms with Crippen molar-refractivity contribution < 1.29 is 44.3 Å². The number of ether oxygens (including phenoxy) is 1. The van der Waals surface area contributed by atoms with Gasteiger partial charge in [-0.2, -0.15) is 30.7 Å². The Bertz CT molecular complexity index is 207. The second kappa shape index (κ2) is 4.06. The first-order valence-corrected chi connectivity index (χ1v) is 3.14. The fraction of sp³-hybridized carbons (Fsp3) is 1.00. The molecule has 0 saturated carbocycles. The van der Waals surface area contributed by atoms with Crippen molar-refractivity contribution in [2.24, 2.45) is 0 Å². The van der Waals surface area contributed by atoms with Gasteiger partial charge in [-0.05, 0) is 0 Å². The molecule has 1 nitrogen and oxygen atoms in total. The van der Waals surface area contributed by atoms with Crippen LogP contribution in [0.15, 0.2) is 0 Å². The molecule has 0 atom stereocenters. The van der Waals surface area contributed by atoms with E-state index in [1.807, 2.05) is 0 Å². The number of rotatable bonds is 4. The summed E-state index contributed by atoms with van der Waals surface area (Å²) in [4.78, 5) is 0. The maximum absolute atomic E-state index is 12.0. The molecule has 0 aromatic carbocycles. The molecule has 0 saturated heterocycles. The van der Waals surface area contributed by atoms with Crippen LogP contribution in [0.2, 0.25) is 0 Å². The largest absolute Gasteiger partial charge is 0.425 e. The molecule has 0 aromatic rings. The Morgan fingerprint density at radius 1 is 0.867 bits per heavy atom. The highest BCUT2D eigenvalue weighted by atomic mass is 19.4. The van der Waals surface area contributed by atoms with Crippen molar-refractivity contribution in [3.8, 4) is 0 Å². The van der Waals surface area contributed by atoms with Gasteiger partial charge in [0.1, 0.15) is 6.61 Å². The molecule has 0 N–H and O–H groups in total. The Balaban J connectivity index is 4.55. The SMILES string of the molecule is FC(F)C(F)(F)C(F)(F)OCC(F)(F)F. The lowest BCUT2D eigenvalue weighted by atomic mass is 10.3. The van der Waals surface area contributed by atoms with E-state index in [1.54, 1.807) is 0 Å². The minimum atomic E-state index is -5.97. The minimum absolute atomic E-state index is 2.43. The van der Waals surface area contributed by atoms with E-state index < -0.39 is 31.2 Å². The van der Waals surface area contributed by atoms with Crippen molar-refractivity contribution in [1.29, 1.82) is 0 Å². The third-order valence-corrected chi connectivity index (χ3v) is 1.08. The van der Waals surface area contributed by atoms with Gasteiger partial charge >= 0.3 is 24.6 Å². The first-order chi connectivity index (χ1) is 6.40. The summed E-state index contributed by atoms with van der Waals surface area (Å²) in [5, 5.41) is 0. The van der Waals surface area contributed by atoms with Gasteiger partial charge in [0.15, 0.2) is 0 Å². The summed E-state index contributed by atoms with van der Waals surface area (Å²) in [5.41, 5.74) is 0. The van der Waals surface area contributed by atoms with Crippen LogP contribution in [0.3, 0.4) is 0 Å². The molecular weight excluding hydrogens is 247 g/mol. The van der Waals surface area contributed by atoms with Crippen molar-refractivity contribution in [2.75, 3.05) is 6.61 Å². The van der Waals surface area contributed by atoms with E-state index in [-0.39, 0.29) is 0 Å². The van der Waals surface area contributed by atoms with Crippen LogP contribution in [0.1, 0.15) is 0 Å². The molecular formula is C5H3F9O. The van der Waals surface area contributed by atoms with Crippen LogP contribution in [0.25, 0.3) is 0 Å². The number of alkyl halides is 9. The lowest BCUT2D eigenvalue weighted by molar-refractivity contribution is -0.389. The van der Waals surface area contributed by atoms with Gasteiger partial charge in [0.05, 0.1) is 0 Å². The molecule has 92 valence electrons. The van der Waals surface area contributed by atoms with Crippen LogP contribution >= 0.6 is 0 Å². The summed E-state index contributed by atoms with van der Waals surface area (Å²) in [6.07, 6.45) is -16.0. The predicted molar refractivity (Wildman–Crippen MR) is 27.9 cm³/mol. The summed E-state index contributed by atoms with van der Waals surface area (Å²) >= 11 is 0. The van der Waals surface area contributed by atoms with Gasteiger partial charge in [-0.25, -0.2) is 8.78 Å².